The van der Waals surface area contributed by atoms with E-state index in [1.807, 2.05) is 23.5 Å². The summed E-state index contributed by atoms with van der Waals surface area (Å²) < 4.78 is 11.7. The molecule has 0 N–H and O–H groups in total. The molecule has 0 radical (unpaired) electrons. The van der Waals surface area contributed by atoms with Gasteiger partial charge >= 0.3 is 0 Å². The number of benzene rings is 8. The van der Waals surface area contributed by atoms with Crippen molar-refractivity contribution in [1.82, 2.24) is 14.5 Å². The van der Waals surface area contributed by atoms with Gasteiger partial charge in [-0.15, -0.1) is 11.3 Å². The zero-order valence-corrected chi connectivity index (χ0v) is 29.1. The van der Waals surface area contributed by atoms with E-state index in [-0.39, 0.29) is 0 Å². The second-order valence-electron chi connectivity index (χ2n) is 13.6. The van der Waals surface area contributed by atoms with E-state index in [1.54, 1.807) is 0 Å². The first-order valence-electron chi connectivity index (χ1n) is 17.8. The molecule has 0 amide bonds. The molecule has 0 atom stereocenters. The first-order chi connectivity index (χ1) is 26.3. The molecule has 4 aromatic heterocycles. The van der Waals surface area contributed by atoms with Crippen LogP contribution in [0, 0.1) is 0 Å². The first kappa shape index (κ1) is 28.8. The van der Waals surface area contributed by atoms with Crippen molar-refractivity contribution in [2.75, 3.05) is 0 Å². The molecule has 53 heavy (non-hydrogen) atoms. The molecule has 12 rings (SSSR count). The number of thiophene rings is 1. The lowest BCUT2D eigenvalue weighted by Crippen LogP contribution is -1.99. The van der Waals surface area contributed by atoms with Crippen molar-refractivity contribution in [3.05, 3.63) is 164 Å². The summed E-state index contributed by atoms with van der Waals surface area (Å²) in [4.78, 5) is 10.5. The highest BCUT2D eigenvalue weighted by atomic mass is 32.1. The van der Waals surface area contributed by atoms with Crippen LogP contribution in [0.4, 0.5) is 0 Å². The van der Waals surface area contributed by atoms with Gasteiger partial charge in [0.1, 0.15) is 5.58 Å². The Morgan fingerprint density at radius 1 is 0.491 bits per heavy atom. The van der Waals surface area contributed by atoms with Gasteiger partial charge in [-0.2, -0.15) is 0 Å². The van der Waals surface area contributed by atoms with Crippen molar-refractivity contribution < 1.29 is 4.42 Å². The molecule has 0 saturated carbocycles. The summed E-state index contributed by atoms with van der Waals surface area (Å²) in [5.74, 6) is 0.713. The average molecular weight is 694 g/mol. The molecule has 246 valence electrons. The minimum absolute atomic E-state index is 0.713. The third-order valence-corrected chi connectivity index (χ3v) is 12.0. The molecule has 0 fully saturated rings. The van der Waals surface area contributed by atoms with Crippen molar-refractivity contribution >= 4 is 96.9 Å². The third-order valence-electron chi connectivity index (χ3n) is 10.8. The minimum atomic E-state index is 0.713. The van der Waals surface area contributed by atoms with Crippen LogP contribution < -0.4 is 0 Å². The molecule has 0 unspecified atom stereocenters. The lowest BCUT2D eigenvalue weighted by molar-refractivity contribution is 0.673. The summed E-state index contributed by atoms with van der Waals surface area (Å²) in [6.07, 6.45) is 0. The summed E-state index contributed by atoms with van der Waals surface area (Å²) in [6.45, 7) is 0. The molecule has 0 saturated heterocycles. The average Bonchev–Trinajstić information content (AvgIpc) is 3.90. The largest absolute Gasteiger partial charge is 0.455 e. The summed E-state index contributed by atoms with van der Waals surface area (Å²) in [7, 11) is 0. The quantitative estimate of drug-likeness (QED) is 0.185. The van der Waals surface area contributed by atoms with Crippen LogP contribution in [-0.4, -0.2) is 14.5 Å². The van der Waals surface area contributed by atoms with Gasteiger partial charge in [-0.1, -0.05) is 127 Å². The zero-order valence-electron chi connectivity index (χ0n) is 28.2. The van der Waals surface area contributed by atoms with Gasteiger partial charge in [0.2, 0.25) is 0 Å². The summed E-state index contributed by atoms with van der Waals surface area (Å²) in [5, 5.41) is 10.5. The minimum Gasteiger partial charge on any atom is -0.455 e. The fourth-order valence-corrected chi connectivity index (χ4v) is 9.75. The first-order valence-corrected chi connectivity index (χ1v) is 18.7. The predicted octanol–water partition coefficient (Wildman–Crippen LogP) is 13.5. The SMILES string of the molecule is c1ccc(-c2nc(-c3ccc(-n4c5ccccc5c5c6c7ccccc7oc6c6sc7ccccc7c6c54)c4ccccc34)nc3ccccc23)cc1. The second kappa shape index (κ2) is 10.8. The summed E-state index contributed by atoms with van der Waals surface area (Å²) >= 11 is 1.82. The number of fused-ring (bicyclic) bond motifs is 14. The Balaban J connectivity index is 1.23. The van der Waals surface area contributed by atoms with E-state index in [9.17, 15) is 0 Å². The van der Waals surface area contributed by atoms with Crippen LogP contribution in [0.25, 0.3) is 114 Å². The van der Waals surface area contributed by atoms with Gasteiger partial charge in [-0.05, 0) is 41.8 Å². The molecular formula is C48H27N3OS. The maximum atomic E-state index is 6.76. The molecule has 0 aliphatic carbocycles. The van der Waals surface area contributed by atoms with Crippen LogP contribution in [0.5, 0.6) is 0 Å². The smallest absolute Gasteiger partial charge is 0.161 e. The molecule has 0 bridgehead atoms. The van der Waals surface area contributed by atoms with Gasteiger partial charge in [0.25, 0.3) is 0 Å². The molecule has 12 aromatic rings. The van der Waals surface area contributed by atoms with Gasteiger partial charge < -0.3 is 8.98 Å². The number of hydrogen-bond donors (Lipinski definition) is 0. The van der Waals surface area contributed by atoms with Crippen LogP contribution in [0.2, 0.25) is 0 Å². The summed E-state index contributed by atoms with van der Waals surface area (Å²) in [5.41, 5.74) is 9.27. The molecule has 0 spiro atoms. The summed E-state index contributed by atoms with van der Waals surface area (Å²) in [6, 6.07) is 57.9. The highest BCUT2D eigenvalue weighted by molar-refractivity contribution is 7.26. The Bertz CT molecular complexity index is 3460. The topological polar surface area (TPSA) is 43.9 Å². The predicted molar refractivity (Wildman–Crippen MR) is 222 cm³/mol. The molecule has 0 aliphatic rings. The van der Waals surface area contributed by atoms with Gasteiger partial charge in [0.05, 0.1) is 32.6 Å². The zero-order chi connectivity index (χ0) is 34.6. The van der Waals surface area contributed by atoms with E-state index >= 15 is 0 Å². The maximum absolute atomic E-state index is 6.76. The van der Waals surface area contributed by atoms with Crippen molar-refractivity contribution in [1.29, 1.82) is 0 Å². The molecule has 5 heteroatoms. The van der Waals surface area contributed by atoms with E-state index in [1.165, 1.54) is 41.8 Å². The van der Waals surface area contributed by atoms with E-state index in [4.69, 9.17) is 14.4 Å². The Kier molecular flexibility index (Phi) is 5.90. The number of para-hydroxylation sites is 3. The number of rotatable bonds is 3. The van der Waals surface area contributed by atoms with E-state index < -0.39 is 0 Å². The van der Waals surface area contributed by atoms with Crippen LogP contribution in [-0.2, 0) is 0 Å². The third kappa shape index (κ3) is 4.00. The number of hydrogen-bond acceptors (Lipinski definition) is 4. The highest BCUT2D eigenvalue weighted by Crippen LogP contribution is 2.51. The van der Waals surface area contributed by atoms with Crippen molar-refractivity contribution in [2.24, 2.45) is 0 Å². The highest BCUT2D eigenvalue weighted by Gasteiger charge is 2.26. The number of furan rings is 1. The van der Waals surface area contributed by atoms with E-state index in [2.05, 4.69) is 156 Å². The van der Waals surface area contributed by atoms with Gasteiger partial charge in [0.15, 0.2) is 11.4 Å². The lowest BCUT2D eigenvalue weighted by atomic mass is 10.00. The number of nitrogens with zero attached hydrogens (tertiary/aromatic N) is 3. The van der Waals surface area contributed by atoms with Crippen LogP contribution >= 0.6 is 11.3 Å². The van der Waals surface area contributed by atoms with E-state index in [0.717, 1.165) is 66.3 Å². The monoisotopic (exact) mass is 693 g/mol. The van der Waals surface area contributed by atoms with Crippen LogP contribution in [0.1, 0.15) is 0 Å². The molecule has 4 heterocycles. The molecule has 4 nitrogen and oxygen atoms in total. The second-order valence-corrected chi connectivity index (χ2v) is 14.7. The molecular weight excluding hydrogens is 667 g/mol. The van der Waals surface area contributed by atoms with Crippen molar-refractivity contribution in [2.45, 2.75) is 0 Å². The number of aromatic nitrogens is 3. The van der Waals surface area contributed by atoms with E-state index in [0.29, 0.717) is 5.82 Å². The normalized spacial score (nSPS) is 12.2. The lowest BCUT2D eigenvalue weighted by Gasteiger charge is -2.16. The van der Waals surface area contributed by atoms with Crippen molar-refractivity contribution in [3.8, 4) is 28.3 Å². The van der Waals surface area contributed by atoms with Crippen LogP contribution in [0.15, 0.2) is 168 Å². The molecule has 8 aromatic carbocycles. The van der Waals surface area contributed by atoms with Gasteiger partial charge in [-0.25, -0.2) is 9.97 Å². The fourth-order valence-electron chi connectivity index (χ4n) is 8.56. The van der Waals surface area contributed by atoms with Crippen molar-refractivity contribution in [3.63, 3.8) is 0 Å². The standard InChI is InChI=1S/C48H27N3OS/c1-2-14-28(15-3-1)44-32-18-6-10-22-36(32)49-48(50-44)31-26-27-38(30-17-5-4-16-29(30)31)51-37-23-11-7-19-33(37)41-42-34-20-8-12-24-39(34)52-46(42)47-43(45(41)51)35-21-9-13-25-40(35)53-47/h1-27H. The van der Waals surface area contributed by atoms with Gasteiger partial charge in [0, 0.05) is 58.9 Å². The van der Waals surface area contributed by atoms with Crippen LogP contribution in [0.3, 0.4) is 0 Å². The maximum Gasteiger partial charge on any atom is 0.161 e. The van der Waals surface area contributed by atoms with Gasteiger partial charge in [-0.3, -0.25) is 0 Å². The Morgan fingerprint density at radius 2 is 1.17 bits per heavy atom. The Hall–Kier alpha value is -6.82. The fraction of sp³-hybridized carbons (Fsp3) is 0. The Morgan fingerprint density at radius 3 is 2.04 bits per heavy atom. The Labute approximate surface area is 306 Å². The molecule has 0 aliphatic heterocycles.